The average molecular weight is 368 g/mol. The Labute approximate surface area is 133 Å². The number of nitrogens with one attached hydrogen (secondary N) is 1. The van der Waals surface area contributed by atoms with Gasteiger partial charge in [0.25, 0.3) is 15.0 Å². The number of amides is 1. The SMILES string of the molecule is O=C(NCc1ccc(S(=O)(=O)Cl)s1)c1ccc(Cl)cc1F. The Morgan fingerprint density at radius 3 is 2.57 bits per heavy atom. The van der Waals surface area contributed by atoms with Crippen LogP contribution in [0.1, 0.15) is 15.2 Å². The molecular formula is C12H8Cl2FNO3S2. The second kappa shape index (κ2) is 6.31. The first-order valence-electron chi connectivity index (χ1n) is 5.54. The molecule has 0 unspecified atom stereocenters. The number of benzene rings is 1. The normalized spacial score (nSPS) is 11.4. The number of carbonyl (C=O) groups is 1. The highest BCUT2D eigenvalue weighted by Crippen LogP contribution is 2.24. The molecule has 1 amide bonds. The third-order valence-electron chi connectivity index (χ3n) is 2.48. The van der Waals surface area contributed by atoms with Gasteiger partial charge in [-0.3, -0.25) is 4.79 Å². The van der Waals surface area contributed by atoms with Crippen LogP contribution in [0.25, 0.3) is 0 Å². The van der Waals surface area contributed by atoms with Crippen molar-refractivity contribution in [1.29, 1.82) is 0 Å². The van der Waals surface area contributed by atoms with Gasteiger partial charge in [-0.05, 0) is 30.3 Å². The van der Waals surface area contributed by atoms with Crippen LogP contribution in [-0.4, -0.2) is 14.3 Å². The molecular weight excluding hydrogens is 360 g/mol. The van der Waals surface area contributed by atoms with Crippen LogP contribution in [0.2, 0.25) is 5.02 Å². The largest absolute Gasteiger partial charge is 0.347 e. The van der Waals surface area contributed by atoms with E-state index in [4.69, 9.17) is 22.3 Å². The van der Waals surface area contributed by atoms with Crippen molar-refractivity contribution in [2.75, 3.05) is 0 Å². The molecule has 0 saturated carbocycles. The van der Waals surface area contributed by atoms with Crippen molar-refractivity contribution in [2.24, 2.45) is 0 Å². The molecule has 0 bridgehead atoms. The molecule has 1 heterocycles. The molecule has 0 aliphatic carbocycles. The molecule has 1 N–H and O–H groups in total. The van der Waals surface area contributed by atoms with E-state index < -0.39 is 20.8 Å². The van der Waals surface area contributed by atoms with Crippen molar-refractivity contribution in [1.82, 2.24) is 5.32 Å². The van der Waals surface area contributed by atoms with E-state index in [9.17, 15) is 17.6 Å². The summed E-state index contributed by atoms with van der Waals surface area (Å²) in [5.41, 5.74) is -0.138. The van der Waals surface area contributed by atoms with Gasteiger partial charge in [0.15, 0.2) is 0 Å². The standard InChI is InChI=1S/C12H8Cl2FNO3S2/c13-7-1-3-9(10(15)5-7)12(17)16-6-8-2-4-11(20-8)21(14,18)19/h1-5H,6H2,(H,16,17). The van der Waals surface area contributed by atoms with Crippen molar-refractivity contribution >= 4 is 48.6 Å². The van der Waals surface area contributed by atoms with Crippen molar-refractivity contribution in [2.45, 2.75) is 10.8 Å². The van der Waals surface area contributed by atoms with Gasteiger partial charge in [-0.2, -0.15) is 0 Å². The van der Waals surface area contributed by atoms with E-state index in [1.807, 2.05) is 0 Å². The van der Waals surface area contributed by atoms with E-state index in [1.54, 1.807) is 0 Å². The highest BCUT2D eigenvalue weighted by atomic mass is 35.7. The number of rotatable bonds is 4. The summed E-state index contributed by atoms with van der Waals surface area (Å²) in [6.07, 6.45) is 0. The van der Waals surface area contributed by atoms with E-state index in [2.05, 4.69) is 5.32 Å². The third kappa shape index (κ3) is 4.16. The summed E-state index contributed by atoms with van der Waals surface area (Å²) in [4.78, 5) is 12.4. The molecule has 0 atom stereocenters. The molecule has 0 aliphatic heterocycles. The molecule has 4 nitrogen and oxygen atoms in total. The number of thiophene rings is 1. The lowest BCUT2D eigenvalue weighted by Gasteiger charge is -2.05. The van der Waals surface area contributed by atoms with E-state index in [1.165, 1.54) is 24.3 Å². The monoisotopic (exact) mass is 367 g/mol. The Hall–Kier alpha value is -1.15. The summed E-state index contributed by atoms with van der Waals surface area (Å²) >= 11 is 6.53. The van der Waals surface area contributed by atoms with Gasteiger partial charge in [-0.1, -0.05) is 11.6 Å². The predicted octanol–water partition coefficient (Wildman–Crippen LogP) is 3.40. The molecule has 0 saturated heterocycles. The van der Waals surface area contributed by atoms with Gasteiger partial charge in [0, 0.05) is 20.6 Å². The Kier molecular flexibility index (Phi) is 4.88. The number of hydrogen-bond donors (Lipinski definition) is 1. The van der Waals surface area contributed by atoms with Crippen LogP contribution in [0.3, 0.4) is 0 Å². The fourth-order valence-corrected chi connectivity index (χ4v) is 3.74. The second-order valence-corrected chi connectivity index (χ2v) is 8.36. The zero-order valence-corrected chi connectivity index (χ0v) is 13.4. The molecule has 112 valence electrons. The van der Waals surface area contributed by atoms with Crippen LogP contribution < -0.4 is 5.32 Å². The molecule has 2 rings (SSSR count). The minimum Gasteiger partial charge on any atom is -0.347 e. The van der Waals surface area contributed by atoms with Gasteiger partial charge in [0.2, 0.25) is 0 Å². The molecule has 1 aromatic carbocycles. The summed E-state index contributed by atoms with van der Waals surface area (Å²) in [5, 5.41) is 2.68. The Morgan fingerprint density at radius 2 is 2.00 bits per heavy atom. The van der Waals surface area contributed by atoms with Crippen molar-refractivity contribution < 1.29 is 17.6 Å². The van der Waals surface area contributed by atoms with E-state index in [0.29, 0.717) is 4.88 Å². The van der Waals surface area contributed by atoms with Gasteiger partial charge in [-0.15, -0.1) is 11.3 Å². The fraction of sp³-hybridized carbons (Fsp3) is 0.0833. The summed E-state index contributed by atoms with van der Waals surface area (Å²) in [6.45, 7) is 0.0674. The molecule has 1 aromatic heterocycles. The Bertz CT molecular complexity index is 790. The van der Waals surface area contributed by atoms with E-state index >= 15 is 0 Å². The maximum Gasteiger partial charge on any atom is 0.270 e. The third-order valence-corrected chi connectivity index (χ3v) is 5.89. The minimum atomic E-state index is -3.78. The molecule has 9 heteroatoms. The van der Waals surface area contributed by atoms with Crippen LogP contribution in [0.4, 0.5) is 4.39 Å². The van der Waals surface area contributed by atoms with Gasteiger partial charge in [0.1, 0.15) is 10.0 Å². The van der Waals surface area contributed by atoms with Crippen LogP contribution >= 0.6 is 33.6 Å². The summed E-state index contributed by atoms with van der Waals surface area (Å²) < 4.78 is 35.8. The molecule has 0 aliphatic rings. The first-order chi connectivity index (χ1) is 9.77. The zero-order chi connectivity index (χ0) is 15.6. The minimum absolute atomic E-state index is 0.00825. The maximum absolute atomic E-state index is 13.5. The molecule has 0 fully saturated rings. The molecule has 21 heavy (non-hydrogen) atoms. The Balaban J connectivity index is 2.06. The smallest absolute Gasteiger partial charge is 0.270 e. The highest BCUT2D eigenvalue weighted by molar-refractivity contribution is 8.15. The summed E-state index contributed by atoms with van der Waals surface area (Å²) in [6, 6.07) is 6.59. The van der Waals surface area contributed by atoms with Crippen molar-refractivity contribution in [3.05, 3.63) is 51.6 Å². The fourth-order valence-electron chi connectivity index (χ4n) is 1.52. The molecule has 2 aromatic rings. The van der Waals surface area contributed by atoms with Gasteiger partial charge < -0.3 is 5.32 Å². The van der Waals surface area contributed by atoms with Crippen molar-refractivity contribution in [3.63, 3.8) is 0 Å². The quantitative estimate of drug-likeness (QED) is 0.842. The van der Waals surface area contributed by atoms with Crippen molar-refractivity contribution in [3.8, 4) is 0 Å². The maximum atomic E-state index is 13.5. The number of carbonyl (C=O) groups excluding carboxylic acids is 1. The predicted molar refractivity (Wildman–Crippen MR) is 79.9 cm³/mol. The Morgan fingerprint density at radius 1 is 1.29 bits per heavy atom. The first kappa shape index (κ1) is 16.2. The van der Waals surface area contributed by atoms with E-state index in [-0.39, 0.29) is 21.3 Å². The molecule has 0 spiro atoms. The number of halogens is 3. The second-order valence-electron chi connectivity index (χ2n) is 3.97. The van der Waals surface area contributed by atoms with Crippen LogP contribution in [0.5, 0.6) is 0 Å². The highest BCUT2D eigenvalue weighted by Gasteiger charge is 2.15. The zero-order valence-electron chi connectivity index (χ0n) is 10.3. The van der Waals surface area contributed by atoms with Crippen LogP contribution in [0.15, 0.2) is 34.5 Å². The van der Waals surface area contributed by atoms with Gasteiger partial charge in [0.05, 0.1) is 12.1 Å². The van der Waals surface area contributed by atoms with Gasteiger partial charge in [-0.25, -0.2) is 12.8 Å². The summed E-state index contributed by atoms with van der Waals surface area (Å²) in [5.74, 6) is -1.34. The van der Waals surface area contributed by atoms with Crippen LogP contribution in [-0.2, 0) is 15.6 Å². The average Bonchev–Trinajstić information content (AvgIpc) is 2.84. The lowest BCUT2D eigenvalue weighted by Crippen LogP contribution is -2.23. The first-order valence-corrected chi connectivity index (χ1v) is 9.04. The topological polar surface area (TPSA) is 63.2 Å². The molecule has 0 radical (unpaired) electrons. The summed E-state index contributed by atoms with van der Waals surface area (Å²) in [7, 11) is 1.42. The number of hydrogen-bond acceptors (Lipinski definition) is 4. The lowest BCUT2D eigenvalue weighted by molar-refractivity contribution is 0.0947. The van der Waals surface area contributed by atoms with Crippen LogP contribution in [0, 0.1) is 5.82 Å². The van der Waals surface area contributed by atoms with Gasteiger partial charge >= 0.3 is 0 Å². The van der Waals surface area contributed by atoms with E-state index in [0.717, 1.165) is 17.4 Å². The lowest BCUT2D eigenvalue weighted by atomic mass is 10.2.